The van der Waals surface area contributed by atoms with Crippen LogP contribution in [0.3, 0.4) is 0 Å². The van der Waals surface area contributed by atoms with E-state index >= 15 is 0 Å². The SMILES string of the molecule is CC[C@H](OCc1ccccc1)[C@@H]1C[C@H]1c1ccccc1. The van der Waals surface area contributed by atoms with Gasteiger partial charge in [0.1, 0.15) is 0 Å². The van der Waals surface area contributed by atoms with Gasteiger partial charge in [0.15, 0.2) is 0 Å². The van der Waals surface area contributed by atoms with Gasteiger partial charge in [-0.2, -0.15) is 0 Å². The average Bonchev–Trinajstić information content (AvgIpc) is 3.30. The highest BCUT2D eigenvalue weighted by atomic mass is 16.5. The Morgan fingerprint density at radius 1 is 1.00 bits per heavy atom. The van der Waals surface area contributed by atoms with Gasteiger partial charge in [-0.1, -0.05) is 67.6 Å². The minimum absolute atomic E-state index is 0.389. The Hall–Kier alpha value is -1.60. The van der Waals surface area contributed by atoms with E-state index in [9.17, 15) is 0 Å². The molecule has 1 aliphatic carbocycles. The van der Waals surface area contributed by atoms with Gasteiger partial charge in [-0.3, -0.25) is 0 Å². The van der Waals surface area contributed by atoms with Crippen LogP contribution in [0.2, 0.25) is 0 Å². The molecule has 0 aromatic heterocycles. The van der Waals surface area contributed by atoms with Crippen LogP contribution in [-0.2, 0) is 11.3 Å². The van der Waals surface area contributed by atoms with Gasteiger partial charge in [-0.05, 0) is 35.8 Å². The largest absolute Gasteiger partial charge is 0.373 e. The summed E-state index contributed by atoms with van der Waals surface area (Å²) in [4.78, 5) is 0. The number of hydrogen-bond acceptors (Lipinski definition) is 1. The second-order valence-corrected chi connectivity index (χ2v) is 5.66. The molecule has 3 atom stereocenters. The molecule has 2 aromatic carbocycles. The fraction of sp³-hybridized carbons (Fsp3) is 0.368. The van der Waals surface area contributed by atoms with Crippen LogP contribution < -0.4 is 0 Å². The maximum absolute atomic E-state index is 6.15. The Bertz CT molecular complexity index is 520. The van der Waals surface area contributed by atoms with Crippen LogP contribution in [-0.4, -0.2) is 6.10 Å². The molecule has 20 heavy (non-hydrogen) atoms. The fourth-order valence-corrected chi connectivity index (χ4v) is 3.03. The van der Waals surface area contributed by atoms with Crippen LogP contribution >= 0.6 is 0 Å². The maximum atomic E-state index is 6.15. The topological polar surface area (TPSA) is 9.23 Å². The summed E-state index contributed by atoms with van der Waals surface area (Å²) in [5.74, 6) is 1.41. The molecule has 1 fully saturated rings. The van der Waals surface area contributed by atoms with E-state index in [0.717, 1.165) is 13.0 Å². The molecule has 0 unspecified atom stereocenters. The van der Waals surface area contributed by atoms with Gasteiger partial charge in [0.2, 0.25) is 0 Å². The van der Waals surface area contributed by atoms with E-state index in [0.29, 0.717) is 17.9 Å². The summed E-state index contributed by atoms with van der Waals surface area (Å²) in [7, 11) is 0. The molecule has 1 aliphatic rings. The molecule has 2 aromatic rings. The Kier molecular flexibility index (Phi) is 4.17. The molecule has 0 bridgehead atoms. The second kappa shape index (κ2) is 6.23. The second-order valence-electron chi connectivity index (χ2n) is 5.66. The van der Waals surface area contributed by atoms with Gasteiger partial charge in [0.05, 0.1) is 12.7 Å². The van der Waals surface area contributed by atoms with Crippen LogP contribution in [0.25, 0.3) is 0 Å². The van der Waals surface area contributed by atoms with E-state index in [1.807, 2.05) is 6.07 Å². The Labute approximate surface area is 121 Å². The summed E-state index contributed by atoms with van der Waals surface area (Å²) in [6.45, 7) is 2.97. The summed E-state index contributed by atoms with van der Waals surface area (Å²) in [5, 5.41) is 0. The lowest BCUT2D eigenvalue weighted by Crippen LogP contribution is -2.15. The molecule has 0 saturated heterocycles. The lowest BCUT2D eigenvalue weighted by molar-refractivity contribution is 0.0222. The van der Waals surface area contributed by atoms with E-state index in [4.69, 9.17) is 4.74 Å². The molecule has 0 aliphatic heterocycles. The molecule has 1 saturated carbocycles. The van der Waals surface area contributed by atoms with Crippen molar-refractivity contribution in [2.75, 3.05) is 0 Å². The van der Waals surface area contributed by atoms with Gasteiger partial charge >= 0.3 is 0 Å². The number of rotatable bonds is 6. The molecule has 0 spiro atoms. The number of ether oxygens (including phenoxy) is 1. The van der Waals surface area contributed by atoms with E-state index in [1.54, 1.807) is 0 Å². The third-order valence-electron chi connectivity index (χ3n) is 4.25. The average molecular weight is 266 g/mol. The zero-order valence-electron chi connectivity index (χ0n) is 12.0. The van der Waals surface area contributed by atoms with Gasteiger partial charge in [0.25, 0.3) is 0 Å². The van der Waals surface area contributed by atoms with Crippen molar-refractivity contribution in [2.45, 2.75) is 38.4 Å². The van der Waals surface area contributed by atoms with E-state index in [2.05, 4.69) is 61.5 Å². The van der Waals surface area contributed by atoms with Crippen molar-refractivity contribution < 1.29 is 4.74 Å². The van der Waals surface area contributed by atoms with Crippen LogP contribution in [0, 0.1) is 5.92 Å². The first-order valence-corrected chi connectivity index (χ1v) is 7.59. The first-order valence-electron chi connectivity index (χ1n) is 7.59. The van der Waals surface area contributed by atoms with Crippen molar-refractivity contribution in [3.63, 3.8) is 0 Å². The van der Waals surface area contributed by atoms with Gasteiger partial charge < -0.3 is 4.74 Å². The minimum Gasteiger partial charge on any atom is -0.373 e. The molecule has 1 heteroatoms. The Morgan fingerprint density at radius 3 is 2.30 bits per heavy atom. The summed E-state index contributed by atoms with van der Waals surface area (Å²) in [6, 6.07) is 21.3. The molecule has 104 valence electrons. The third-order valence-corrected chi connectivity index (χ3v) is 4.25. The van der Waals surface area contributed by atoms with E-state index < -0.39 is 0 Å². The smallest absolute Gasteiger partial charge is 0.0720 e. The Morgan fingerprint density at radius 2 is 1.65 bits per heavy atom. The van der Waals surface area contributed by atoms with Crippen molar-refractivity contribution in [1.29, 1.82) is 0 Å². The van der Waals surface area contributed by atoms with Crippen molar-refractivity contribution in [3.05, 3.63) is 71.8 Å². The zero-order valence-corrected chi connectivity index (χ0v) is 12.0. The van der Waals surface area contributed by atoms with Crippen molar-refractivity contribution >= 4 is 0 Å². The van der Waals surface area contributed by atoms with Crippen LogP contribution in [0.4, 0.5) is 0 Å². The van der Waals surface area contributed by atoms with Crippen molar-refractivity contribution in [3.8, 4) is 0 Å². The molecule has 1 nitrogen and oxygen atoms in total. The third kappa shape index (κ3) is 3.10. The molecular formula is C19H22O. The predicted molar refractivity (Wildman–Crippen MR) is 82.6 cm³/mol. The molecular weight excluding hydrogens is 244 g/mol. The van der Waals surface area contributed by atoms with E-state index in [1.165, 1.54) is 17.5 Å². The lowest BCUT2D eigenvalue weighted by Gasteiger charge is -2.16. The highest BCUT2D eigenvalue weighted by Gasteiger charge is 2.43. The van der Waals surface area contributed by atoms with Crippen LogP contribution in [0.5, 0.6) is 0 Å². The molecule has 3 rings (SSSR count). The van der Waals surface area contributed by atoms with Gasteiger partial charge in [-0.15, -0.1) is 0 Å². The maximum Gasteiger partial charge on any atom is 0.0720 e. The summed E-state index contributed by atoms with van der Waals surface area (Å²) in [6.07, 6.45) is 2.76. The summed E-state index contributed by atoms with van der Waals surface area (Å²) >= 11 is 0. The van der Waals surface area contributed by atoms with Gasteiger partial charge in [0, 0.05) is 0 Å². The fourth-order valence-electron chi connectivity index (χ4n) is 3.03. The first-order chi connectivity index (χ1) is 9.88. The molecule has 0 heterocycles. The summed E-state index contributed by atoms with van der Waals surface area (Å²) in [5.41, 5.74) is 2.74. The molecule has 0 radical (unpaired) electrons. The zero-order chi connectivity index (χ0) is 13.8. The molecule has 0 N–H and O–H groups in total. The lowest BCUT2D eigenvalue weighted by atomic mass is 10.1. The van der Waals surface area contributed by atoms with Crippen LogP contribution in [0.1, 0.15) is 36.8 Å². The van der Waals surface area contributed by atoms with E-state index in [-0.39, 0.29) is 0 Å². The van der Waals surface area contributed by atoms with Crippen molar-refractivity contribution in [2.24, 2.45) is 5.92 Å². The first kappa shape index (κ1) is 13.4. The summed E-state index contributed by atoms with van der Waals surface area (Å²) < 4.78 is 6.15. The quantitative estimate of drug-likeness (QED) is 0.730. The molecule has 0 amide bonds. The predicted octanol–water partition coefficient (Wildman–Crippen LogP) is 4.79. The highest BCUT2D eigenvalue weighted by Crippen LogP contribution is 2.51. The minimum atomic E-state index is 0.389. The Balaban J connectivity index is 1.56. The standard InChI is InChI=1S/C19H22O/c1-2-19(20-14-15-9-5-3-6-10-15)18-13-17(18)16-11-7-4-8-12-16/h3-12,17-19H,2,13-14H2,1H3/t17-,18+,19-/m0/s1. The van der Waals surface area contributed by atoms with Crippen molar-refractivity contribution in [1.82, 2.24) is 0 Å². The van der Waals surface area contributed by atoms with Crippen LogP contribution in [0.15, 0.2) is 60.7 Å². The normalized spacial score (nSPS) is 22.4. The van der Waals surface area contributed by atoms with Gasteiger partial charge in [-0.25, -0.2) is 0 Å². The highest BCUT2D eigenvalue weighted by molar-refractivity contribution is 5.26. The monoisotopic (exact) mass is 266 g/mol. The number of hydrogen-bond donors (Lipinski definition) is 0. The number of benzene rings is 2.